The lowest BCUT2D eigenvalue weighted by molar-refractivity contribution is 0.0342. The molecular formula is C24H28N2O5S2. The van der Waals surface area contributed by atoms with Gasteiger partial charge in [0.1, 0.15) is 11.5 Å². The third-order valence-corrected chi connectivity index (χ3v) is 8.28. The van der Waals surface area contributed by atoms with Gasteiger partial charge in [0, 0.05) is 24.5 Å². The summed E-state index contributed by atoms with van der Waals surface area (Å²) in [7, 11) is -0.658. The monoisotopic (exact) mass is 488 g/mol. The Morgan fingerprint density at radius 2 is 1.58 bits per heavy atom. The van der Waals surface area contributed by atoms with E-state index in [1.807, 2.05) is 0 Å². The van der Waals surface area contributed by atoms with Crippen LogP contribution in [0.5, 0.6) is 11.5 Å². The summed E-state index contributed by atoms with van der Waals surface area (Å²) >= 11 is 1.58. The maximum absolute atomic E-state index is 13.7. The van der Waals surface area contributed by atoms with E-state index in [4.69, 9.17) is 14.2 Å². The minimum absolute atomic E-state index is 0.212. The van der Waals surface area contributed by atoms with Crippen LogP contribution in [0.3, 0.4) is 0 Å². The van der Waals surface area contributed by atoms with Crippen molar-refractivity contribution in [2.45, 2.75) is 18.0 Å². The molecule has 1 aromatic heterocycles. The van der Waals surface area contributed by atoms with Gasteiger partial charge in [0.05, 0.1) is 44.6 Å². The van der Waals surface area contributed by atoms with Crippen molar-refractivity contribution in [1.29, 1.82) is 0 Å². The molecule has 3 aromatic rings. The van der Waals surface area contributed by atoms with Crippen molar-refractivity contribution < 1.29 is 22.6 Å². The average molecular weight is 489 g/mol. The molecular weight excluding hydrogens is 460 g/mol. The second kappa shape index (κ2) is 10.6. The maximum Gasteiger partial charge on any atom is 0.264 e. The number of anilines is 1. The van der Waals surface area contributed by atoms with Crippen molar-refractivity contribution in [1.82, 2.24) is 4.90 Å². The van der Waals surface area contributed by atoms with Gasteiger partial charge in [-0.25, -0.2) is 8.42 Å². The fraction of sp³-hybridized carbons (Fsp3) is 0.333. The standard InChI is InChI=1S/C24H28N2O5S2/c1-29-21-5-3-20(4-6-21)26(33(27,28)24-9-7-22(30-2)8-10-24)17-23-15-19(18-32-23)16-25-11-13-31-14-12-25/h3-10,15,18H,11-14,16-17H2,1-2H3. The highest BCUT2D eigenvalue weighted by Gasteiger charge is 2.26. The summed E-state index contributed by atoms with van der Waals surface area (Å²) < 4.78 is 44.6. The van der Waals surface area contributed by atoms with Crippen LogP contribution >= 0.6 is 11.3 Å². The Morgan fingerprint density at radius 3 is 2.18 bits per heavy atom. The molecule has 9 heteroatoms. The van der Waals surface area contributed by atoms with Crippen LogP contribution in [0.4, 0.5) is 5.69 Å². The van der Waals surface area contributed by atoms with E-state index in [0.717, 1.165) is 37.7 Å². The van der Waals surface area contributed by atoms with E-state index in [2.05, 4.69) is 16.3 Å². The normalized spacial score (nSPS) is 14.7. The third kappa shape index (κ3) is 5.67. The summed E-state index contributed by atoms with van der Waals surface area (Å²) in [5, 5.41) is 2.11. The van der Waals surface area contributed by atoms with Crippen LogP contribution in [-0.2, 0) is 27.8 Å². The number of ether oxygens (including phenoxy) is 3. The molecule has 1 aliphatic rings. The minimum Gasteiger partial charge on any atom is -0.497 e. The smallest absolute Gasteiger partial charge is 0.264 e. The van der Waals surface area contributed by atoms with E-state index in [1.54, 1.807) is 74.1 Å². The lowest BCUT2D eigenvalue weighted by Gasteiger charge is -2.26. The van der Waals surface area contributed by atoms with Gasteiger partial charge in [0.15, 0.2) is 0 Å². The maximum atomic E-state index is 13.7. The summed E-state index contributed by atoms with van der Waals surface area (Å²) in [5.74, 6) is 1.28. The van der Waals surface area contributed by atoms with Crippen LogP contribution in [0.2, 0.25) is 0 Å². The molecule has 176 valence electrons. The lowest BCUT2D eigenvalue weighted by Crippen LogP contribution is -2.35. The number of morpholine rings is 1. The molecule has 0 bridgehead atoms. The molecule has 0 saturated carbocycles. The first-order valence-electron chi connectivity index (χ1n) is 10.7. The second-order valence-corrected chi connectivity index (χ2v) is 10.6. The van der Waals surface area contributed by atoms with Gasteiger partial charge in [-0.1, -0.05) is 0 Å². The second-order valence-electron chi connectivity index (χ2n) is 7.70. The number of thiophene rings is 1. The summed E-state index contributed by atoms with van der Waals surface area (Å²) in [4.78, 5) is 3.54. The van der Waals surface area contributed by atoms with Gasteiger partial charge in [-0.05, 0) is 65.5 Å². The molecule has 0 spiro atoms. The predicted molar refractivity (Wildman–Crippen MR) is 130 cm³/mol. The highest BCUT2D eigenvalue weighted by molar-refractivity contribution is 7.92. The molecule has 0 amide bonds. The van der Waals surface area contributed by atoms with E-state index in [9.17, 15) is 8.42 Å². The van der Waals surface area contributed by atoms with E-state index >= 15 is 0 Å². The van der Waals surface area contributed by atoms with Crippen molar-refractivity contribution in [3.63, 3.8) is 0 Å². The quantitative estimate of drug-likeness (QED) is 0.454. The van der Waals surface area contributed by atoms with Crippen LogP contribution < -0.4 is 13.8 Å². The number of benzene rings is 2. The minimum atomic E-state index is -3.80. The zero-order chi connectivity index (χ0) is 23.3. The summed E-state index contributed by atoms with van der Waals surface area (Å²) in [5.41, 5.74) is 1.77. The highest BCUT2D eigenvalue weighted by atomic mass is 32.2. The van der Waals surface area contributed by atoms with Crippen LogP contribution in [0.25, 0.3) is 0 Å². The lowest BCUT2D eigenvalue weighted by atomic mass is 10.2. The van der Waals surface area contributed by atoms with Gasteiger partial charge in [-0.15, -0.1) is 11.3 Å². The molecule has 7 nitrogen and oxygen atoms in total. The zero-order valence-electron chi connectivity index (χ0n) is 18.8. The van der Waals surface area contributed by atoms with Gasteiger partial charge < -0.3 is 14.2 Å². The highest BCUT2D eigenvalue weighted by Crippen LogP contribution is 2.30. The van der Waals surface area contributed by atoms with Crippen molar-refractivity contribution >= 4 is 27.0 Å². The Kier molecular flexibility index (Phi) is 7.54. The average Bonchev–Trinajstić information content (AvgIpc) is 3.30. The largest absolute Gasteiger partial charge is 0.497 e. The van der Waals surface area contributed by atoms with Crippen molar-refractivity contribution in [2.24, 2.45) is 0 Å². The van der Waals surface area contributed by atoms with Gasteiger partial charge in [0.2, 0.25) is 0 Å². The number of nitrogens with zero attached hydrogens (tertiary/aromatic N) is 2. The number of hydrogen-bond acceptors (Lipinski definition) is 7. The third-order valence-electron chi connectivity index (χ3n) is 5.53. The summed E-state index contributed by atoms with van der Waals surface area (Å²) in [6.45, 7) is 4.41. The van der Waals surface area contributed by atoms with Crippen molar-refractivity contribution in [3.05, 3.63) is 70.4 Å². The molecule has 1 fully saturated rings. The SMILES string of the molecule is COc1ccc(N(Cc2cc(CN3CCOCC3)cs2)S(=O)(=O)c2ccc(OC)cc2)cc1. The Labute approximate surface area is 199 Å². The van der Waals surface area contributed by atoms with Crippen LogP contribution in [0, 0.1) is 0 Å². The van der Waals surface area contributed by atoms with E-state index in [0.29, 0.717) is 17.2 Å². The summed E-state index contributed by atoms with van der Waals surface area (Å²) in [6.07, 6.45) is 0. The molecule has 33 heavy (non-hydrogen) atoms. The molecule has 1 aliphatic heterocycles. The number of hydrogen-bond donors (Lipinski definition) is 0. The van der Waals surface area contributed by atoms with E-state index in [1.165, 1.54) is 9.87 Å². The Bertz CT molecular complexity index is 1140. The van der Waals surface area contributed by atoms with Gasteiger partial charge in [0.25, 0.3) is 10.0 Å². The first kappa shape index (κ1) is 23.6. The van der Waals surface area contributed by atoms with Crippen molar-refractivity contribution in [2.75, 3.05) is 44.8 Å². The van der Waals surface area contributed by atoms with E-state index < -0.39 is 10.0 Å². The topological polar surface area (TPSA) is 68.3 Å². The van der Waals surface area contributed by atoms with Crippen LogP contribution in [0.15, 0.2) is 64.9 Å². The molecule has 1 saturated heterocycles. The molecule has 0 unspecified atom stereocenters. The van der Waals surface area contributed by atoms with Gasteiger partial charge in [-0.3, -0.25) is 9.21 Å². The molecule has 0 aliphatic carbocycles. The fourth-order valence-corrected chi connectivity index (χ4v) is 6.08. The van der Waals surface area contributed by atoms with Crippen molar-refractivity contribution in [3.8, 4) is 11.5 Å². The molecule has 0 radical (unpaired) electrons. The predicted octanol–water partition coefficient (Wildman–Crippen LogP) is 3.99. The first-order chi connectivity index (χ1) is 16.0. The Morgan fingerprint density at radius 1 is 0.970 bits per heavy atom. The number of methoxy groups -OCH3 is 2. The Hall–Kier alpha value is -2.59. The van der Waals surface area contributed by atoms with Crippen LogP contribution in [0.1, 0.15) is 10.4 Å². The molecule has 4 rings (SSSR count). The summed E-state index contributed by atoms with van der Waals surface area (Å²) in [6, 6.07) is 15.6. The number of rotatable bonds is 9. The molecule has 2 aromatic carbocycles. The van der Waals surface area contributed by atoms with E-state index in [-0.39, 0.29) is 11.4 Å². The van der Waals surface area contributed by atoms with Crippen LogP contribution in [-0.4, -0.2) is 53.8 Å². The molecule has 0 N–H and O–H groups in total. The Balaban J connectivity index is 1.61. The van der Waals surface area contributed by atoms with Gasteiger partial charge >= 0.3 is 0 Å². The first-order valence-corrected chi connectivity index (χ1v) is 13.0. The fourth-order valence-electron chi connectivity index (χ4n) is 3.69. The zero-order valence-corrected chi connectivity index (χ0v) is 20.4. The molecule has 0 atom stereocenters. The van der Waals surface area contributed by atoms with Gasteiger partial charge in [-0.2, -0.15) is 0 Å². The molecule has 2 heterocycles. The number of sulfonamides is 1.